The zero-order valence-corrected chi connectivity index (χ0v) is 9.80. The van der Waals surface area contributed by atoms with Crippen LogP contribution in [-0.4, -0.2) is 46.8 Å². The fraction of sp³-hybridized carbons (Fsp3) is 0.700. The number of hydrogen-bond donors (Lipinski definition) is 1. The van der Waals surface area contributed by atoms with Gasteiger partial charge in [-0.1, -0.05) is 6.92 Å². The third kappa shape index (κ3) is 2.68. The lowest BCUT2D eigenvalue weighted by molar-refractivity contribution is -0.0344. The fourth-order valence-electron chi connectivity index (χ4n) is 1.89. The molecule has 15 heavy (non-hydrogen) atoms. The average Bonchev–Trinajstić information content (AvgIpc) is 2.65. The molecule has 1 aliphatic rings. The molecule has 2 heterocycles. The van der Waals surface area contributed by atoms with Crippen LogP contribution in [0.15, 0.2) is 12.4 Å². The summed E-state index contributed by atoms with van der Waals surface area (Å²) in [5.41, 5.74) is 0. The second kappa shape index (κ2) is 4.92. The maximum Gasteiger partial charge on any atom is 0.177 e. The average molecular weight is 227 g/mol. The van der Waals surface area contributed by atoms with E-state index in [1.807, 2.05) is 17.0 Å². The summed E-state index contributed by atoms with van der Waals surface area (Å²) in [6.45, 7) is 7.01. The molecule has 0 amide bonds. The molecule has 0 saturated carbocycles. The van der Waals surface area contributed by atoms with Crippen molar-refractivity contribution in [3.05, 3.63) is 17.2 Å². The molecule has 1 aliphatic heterocycles. The number of likely N-dealkylation sites (N-methyl/N-ethyl adjacent to an activating group) is 1. The van der Waals surface area contributed by atoms with Crippen LogP contribution in [0.2, 0.25) is 0 Å². The second-order valence-corrected chi connectivity index (χ2v) is 4.19. The van der Waals surface area contributed by atoms with Gasteiger partial charge in [-0.15, -0.1) is 0 Å². The van der Waals surface area contributed by atoms with Crippen molar-refractivity contribution >= 4 is 12.2 Å². The minimum Gasteiger partial charge on any atom is -0.374 e. The summed E-state index contributed by atoms with van der Waals surface area (Å²) in [5.74, 6) is 0. The first-order chi connectivity index (χ1) is 7.29. The lowest BCUT2D eigenvalue weighted by Gasteiger charge is -2.32. The summed E-state index contributed by atoms with van der Waals surface area (Å²) in [6, 6.07) is 0. The molecule has 4 nitrogen and oxygen atoms in total. The number of aromatic amines is 1. The molecule has 5 heteroatoms. The van der Waals surface area contributed by atoms with Gasteiger partial charge >= 0.3 is 0 Å². The van der Waals surface area contributed by atoms with Crippen LogP contribution < -0.4 is 0 Å². The van der Waals surface area contributed by atoms with Crippen LogP contribution in [-0.2, 0) is 11.3 Å². The highest BCUT2D eigenvalue weighted by Crippen LogP contribution is 2.07. The maximum atomic E-state index is 5.72. The first-order valence-electron chi connectivity index (χ1n) is 5.37. The first-order valence-corrected chi connectivity index (χ1v) is 5.78. The molecule has 1 atom stereocenters. The van der Waals surface area contributed by atoms with E-state index >= 15 is 0 Å². The molecular formula is C10H17N3OS. The number of H-pyrrole nitrogens is 1. The van der Waals surface area contributed by atoms with Crippen LogP contribution in [0, 0.1) is 4.77 Å². The molecule has 2 rings (SSSR count). The Bertz CT molecular complexity index is 360. The van der Waals surface area contributed by atoms with E-state index in [4.69, 9.17) is 17.0 Å². The third-order valence-electron chi connectivity index (χ3n) is 2.79. The van der Waals surface area contributed by atoms with Crippen LogP contribution in [0.25, 0.3) is 0 Å². The van der Waals surface area contributed by atoms with E-state index in [0.717, 1.165) is 37.6 Å². The molecule has 1 fully saturated rings. The highest BCUT2D eigenvalue weighted by Gasteiger charge is 2.19. The summed E-state index contributed by atoms with van der Waals surface area (Å²) in [5, 5.41) is 0. The summed E-state index contributed by atoms with van der Waals surface area (Å²) in [6.07, 6.45) is 4.10. The Morgan fingerprint density at radius 2 is 2.53 bits per heavy atom. The van der Waals surface area contributed by atoms with Gasteiger partial charge in [0.1, 0.15) is 0 Å². The highest BCUT2D eigenvalue weighted by atomic mass is 32.1. The van der Waals surface area contributed by atoms with Gasteiger partial charge in [0.05, 0.1) is 19.3 Å². The smallest absolute Gasteiger partial charge is 0.177 e. The Hall–Kier alpha value is -0.650. The minimum atomic E-state index is 0.265. The lowest BCUT2D eigenvalue weighted by atomic mass is 10.2. The van der Waals surface area contributed by atoms with Crippen molar-refractivity contribution in [3.8, 4) is 0 Å². The number of morpholine rings is 1. The van der Waals surface area contributed by atoms with E-state index in [2.05, 4.69) is 16.8 Å². The van der Waals surface area contributed by atoms with Gasteiger partial charge in [0.25, 0.3) is 0 Å². The summed E-state index contributed by atoms with van der Waals surface area (Å²) in [7, 11) is 0. The molecular weight excluding hydrogens is 210 g/mol. The van der Waals surface area contributed by atoms with Crippen molar-refractivity contribution in [2.75, 3.05) is 26.2 Å². The molecule has 1 unspecified atom stereocenters. The van der Waals surface area contributed by atoms with Crippen LogP contribution in [0.3, 0.4) is 0 Å². The topological polar surface area (TPSA) is 33.2 Å². The number of aromatic nitrogens is 2. The Labute approximate surface area is 94.9 Å². The number of nitrogens with zero attached hydrogens (tertiary/aromatic N) is 2. The summed E-state index contributed by atoms with van der Waals surface area (Å²) >= 11 is 5.15. The fourth-order valence-corrected chi connectivity index (χ4v) is 2.09. The van der Waals surface area contributed by atoms with Crippen molar-refractivity contribution < 1.29 is 4.74 Å². The molecule has 0 radical (unpaired) electrons. The number of ether oxygens (including phenoxy) is 1. The largest absolute Gasteiger partial charge is 0.374 e. The predicted molar refractivity (Wildman–Crippen MR) is 61.5 cm³/mol. The summed E-state index contributed by atoms with van der Waals surface area (Å²) in [4.78, 5) is 5.40. The van der Waals surface area contributed by atoms with Gasteiger partial charge in [0.15, 0.2) is 4.77 Å². The standard InChI is InChI=1S/C10H17N3OS/c1-2-12-5-6-14-9(7-12)8-13-4-3-11-10(13)15/h3-4,9H,2,5-8H2,1H3,(H,11,15). The van der Waals surface area contributed by atoms with Gasteiger partial charge in [-0.25, -0.2) is 0 Å². The molecule has 1 aromatic rings. The number of rotatable bonds is 3. The van der Waals surface area contributed by atoms with Gasteiger partial charge < -0.3 is 14.3 Å². The SMILES string of the molecule is CCN1CCOC(Cn2cc[nH]c2=S)C1. The van der Waals surface area contributed by atoms with E-state index < -0.39 is 0 Å². The van der Waals surface area contributed by atoms with Crippen molar-refractivity contribution in [2.24, 2.45) is 0 Å². The van der Waals surface area contributed by atoms with E-state index in [0.29, 0.717) is 0 Å². The van der Waals surface area contributed by atoms with Gasteiger partial charge in [-0.2, -0.15) is 0 Å². The Kier molecular flexibility index (Phi) is 3.56. The minimum absolute atomic E-state index is 0.265. The van der Waals surface area contributed by atoms with Gasteiger partial charge in [-0.3, -0.25) is 4.90 Å². The maximum absolute atomic E-state index is 5.72. The van der Waals surface area contributed by atoms with Crippen molar-refractivity contribution in [1.82, 2.24) is 14.5 Å². The van der Waals surface area contributed by atoms with E-state index in [-0.39, 0.29) is 6.10 Å². The molecule has 1 N–H and O–H groups in total. The van der Waals surface area contributed by atoms with Crippen molar-refractivity contribution in [3.63, 3.8) is 0 Å². The lowest BCUT2D eigenvalue weighted by Crippen LogP contribution is -2.43. The normalized spacial score (nSPS) is 23.1. The second-order valence-electron chi connectivity index (χ2n) is 3.80. The third-order valence-corrected chi connectivity index (χ3v) is 3.14. The van der Waals surface area contributed by atoms with Crippen molar-refractivity contribution in [1.29, 1.82) is 0 Å². The molecule has 1 saturated heterocycles. The highest BCUT2D eigenvalue weighted by molar-refractivity contribution is 7.71. The molecule has 0 bridgehead atoms. The van der Waals surface area contributed by atoms with E-state index in [1.54, 1.807) is 0 Å². The zero-order chi connectivity index (χ0) is 10.7. The van der Waals surface area contributed by atoms with E-state index in [9.17, 15) is 0 Å². The molecule has 0 aromatic carbocycles. The quantitative estimate of drug-likeness (QED) is 0.789. The number of nitrogens with one attached hydrogen (secondary N) is 1. The van der Waals surface area contributed by atoms with Gasteiger partial charge in [0, 0.05) is 25.5 Å². The molecule has 0 aliphatic carbocycles. The van der Waals surface area contributed by atoms with E-state index in [1.165, 1.54) is 0 Å². The van der Waals surface area contributed by atoms with Crippen molar-refractivity contribution in [2.45, 2.75) is 19.6 Å². The Morgan fingerprint density at radius 1 is 1.67 bits per heavy atom. The zero-order valence-electron chi connectivity index (χ0n) is 8.98. The molecule has 1 aromatic heterocycles. The van der Waals surface area contributed by atoms with Gasteiger partial charge in [0.2, 0.25) is 0 Å². The number of imidazole rings is 1. The first kappa shape index (κ1) is 10.9. The van der Waals surface area contributed by atoms with Crippen LogP contribution in [0.4, 0.5) is 0 Å². The molecule has 0 spiro atoms. The van der Waals surface area contributed by atoms with Crippen LogP contribution >= 0.6 is 12.2 Å². The Morgan fingerprint density at radius 3 is 3.20 bits per heavy atom. The van der Waals surface area contributed by atoms with Crippen LogP contribution in [0.5, 0.6) is 0 Å². The predicted octanol–water partition coefficient (Wildman–Crippen LogP) is 1.27. The summed E-state index contributed by atoms with van der Waals surface area (Å²) < 4.78 is 8.51. The van der Waals surface area contributed by atoms with Crippen LogP contribution in [0.1, 0.15) is 6.92 Å². The number of hydrogen-bond acceptors (Lipinski definition) is 3. The monoisotopic (exact) mass is 227 g/mol. The Balaban J connectivity index is 1.95. The van der Waals surface area contributed by atoms with Gasteiger partial charge in [-0.05, 0) is 18.8 Å². The molecule has 84 valence electrons.